The van der Waals surface area contributed by atoms with E-state index in [0.717, 1.165) is 11.1 Å². The van der Waals surface area contributed by atoms with Crippen LogP contribution in [0.25, 0.3) is 0 Å². The molecule has 1 saturated heterocycles. The fraction of sp³-hybridized carbons (Fsp3) is 0.500. The van der Waals surface area contributed by atoms with Crippen LogP contribution < -0.4 is 5.73 Å². The third-order valence-electron chi connectivity index (χ3n) is 3.75. The number of amides is 1. The molecule has 0 radical (unpaired) electrons. The molecule has 1 aliphatic rings. The third kappa shape index (κ3) is 2.86. The van der Waals surface area contributed by atoms with Crippen molar-refractivity contribution in [3.05, 3.63) is 29.3 Å². The highest BCUT2D eigenvalue weighted by Gasteiger charge is 2.33. The molecule has 1 aliphatic heterocycles. The minimum atomic E-state index is -3.56. The van der Waals surface area contributed by atoms with Gasteiger partial charge in [-0.25, -0.2) is 8.42 Å². The summed E-state index contributed by atoms with van der Waals surface area (Å²) in [5, 5.41) is 0. The summed E-state index contributed by atoms with van der Waals surface area (Å²) in [6, 6.07) is 5.37. The Hall–Kier alpha value is -1.40. The van der Waals surface area contributed by atoms with Gasteiger partial charge in [0.2, 0.25) is 15.9 Å². The monoisotopic (exact) mass is 296 g/mol. The first-order chi connectivity index (χ1) is 9.32. The summed E-state index contributed by atoms with van der Waals surface area (Å²) in [7, 11) is -3.56. The molecule has 1 aromatic carbocycles. The van der Waals surface area contributed by atoms with Crippen LogP contribution >= 0.6 is 0 Å². The van der Waals surface area contributed by atoms with E-state index in [9.17, 15) is 13.2 Å². The molecule has 20 heavy (non-hydrogen) atoms. The van der Waals surface area contributed by atoms with Crippen molar-refractivity contribution >= 4 is 15.9 Å². The van der Waals surface area contributed by atoms with E-state index in [0.29, 0.717) is 24.3 Å². The fourth-order valence-corrected chi connectivity index (χ4v) is 4.35. The summed E-state index contributed by atoms with van der Waals surface area (Å²) in [4.78, 5) is 11.6. The molecule has 1 heterocycles. The SMILES string of the molecule is Cc1ccc(C)c(S(=O)(=O)N2CCC[C@@H](C(N)=O)C2)c1. The lowest BCUT2D eigenvalue weighted by Crippen LogP contribution is -2.44. The molecule has 0 saturated carbocycles. The second-order valence-electron chi connectivity index (χ2n) is 5.37. The summed E-state index contributed by atoms with van der Waals surface area (Å²) in [6.07, 6.45) is 1.33. The Morgan fingerprint density at radius 1 is 1.35 bits per heavy atom. The molecular weight excluding hydrogens is 276 g/mol. The number of hydrogen-bond acceptors (Lipinski definition) is 3. The van der Waals surface area contributed by atoms with Crippen LogP contribution in [-0.2, 0) is 14.8 Å². The van der Waals surface area contributed by atoms with E-state index in [1.807, 2.05) is 13.0 Å². The van der Waals surface area contributed by atoms with Gasteiger partial charge in [0.15, 0.2) is 0 Å². The molecule has 1 aromatic rings. The molecule has 1 amide bonds. The highest BCUT2D eigenvalue weighted by Crippen LogP contribution is 2.26. The zero-order chi connectivity index (χ0) is 14.9. The van der Waals surface area contributed by atoms with Crippen LogP contribution in [0.15, 0.2) is 23.1 Å². The lowest BCUT2D eigenvalue weighted by Gasteiger charge is -2.30. The number of primary amides is 1. The highest BCUT2D eigenvalue weighted by molar-refractivity contribution is 7.89. The Bertz CT molecular complexity index is 625. The van der Waals surface area contributed by atoms with E-state index >= 15 is 0 Å². The van der Waals surface area contributed by atoms with Crippen LogP contribution in [0.1, 0.15) is 24.0 Å². The maximum absolute atomic E-state index is 12.7. The zero-order valence-corrected chi connectivity index (χ0v) is 12.6. The number of carbonyl (C=O) groups is 1. The Morgan fingerprint density at radius 2 is 2.05 bits per heavy atom. The summed E-state index contributed by atoms with van der Waals surface area (Å²) in [5.74, 6) is -0.811. The van der Waals surface area contributed by atoms with Gasteiger partial charge in [0.05, 0.1) is 10.8 Å². The normalized spacial score (nSPS) is 20.8. The summed E-state index contributed by atoms with van der Waals surface area (Å²) in [5.41, 5.74) is 6.92. The molecular formula is C14H20N2O3S. The van der Waals surface area contributed by atoms with Crippen LogP contribution in [0.5, 0.6) is 0 Å². The van der Waals surface area contributed by atoms with E-state index in [2.05, 4.69) is 0 Å². The van der Waals surface area contributed by atoms with E-state index in [-0.39, 0.29) is 12.5 Å². The molecule has 2 N–H and O–H groups in total. The van der Waals surface area contributed by atoms with E-state index in [4.69, 9.17) is 5.73 Å². The minimum Gasteiger partial charge on any atom is -0.369 e. The quantitative estimate of drug-likeness (QED) is 0.909. The molecule has 110 valence electrons. The number of hydrogen-bond donors (Lipinski definition) is 1. The van der Waals surface area contributed by atoms with Gasteiger partial charge in [0.25, 0.3) is 0 Å². The highest BCUT2D eigenvalue weighted by atomic mass is 32.2. The summed E-state index contributed by atoms with van der Waals surface area (Å²) >= 11 is 0. The lowest BCUT2D eigenvalue weighted by atomic mass is 9.99. The van der Waals surface area contributed by atoms with Gasteiger partial charge in [-0.1, -0.05) is 12.1 Å². The number of rotatable bonds is 3. The maximum atomic E-state index is 12.7. The van der Waals surface area contributed by atoms with Crippen molar-refractivity contribution in [3.8, 4) is 0 Å². The summed E-state index contributed by atoms with van der Waals surface area (Å²) in [6.45, 7) is 4.27. The van der Waals surface area contributed by atoms with E-state index in [1.54, 1.807) is 19.1 Å². The van der Waals surface area contributed by atoms with Gasteiger partial charge in [-0.2, -0.15) is 4.31 Å². The predicted molar refractivity (Wildman–Crippen MR) is 76.6 cm³/mol. The first-order valence-electron chi connectivity index (χ1n) is 6.69. The molecule has 0 aliphatic carbocycles. The molecule has 6 heteroatoms. The molecule has 0 bridgehead atoms. The van der Waals surface area contributed by atoms with Crippen LogP contribution in [-0.4, -0.2) is 31.7 Å². The molecule has 0 unspecified atom stereocenters. The number of piperidine rings is 1. The molecule has 2 rings (SSSR count). The van der Waals surface area contributed by atoms with Crippen LogP contribution in [0, 0.1) is 19.8 Å². The lowest BCUT2D eigenvalue weighted by molar-refractivity contribution is -0.122. The van der Waals surface area contributed by atoms with Crippen molar-refractivity contribution in [2.24, 2.45) is 11.7 Å². The molecule has 1 fully saturated rings. The Morgan fingerprint density at radius 3 is 2.70 bits per heavy atom. The second kappa shape index (κ2) is 5.54. The maximum Gasteiger partial charge on any atom is 0.243 e. The molecule has 5 nitrogen and oxygen atoms in total. The van der Waals surface area contributed by atoms with Crippen LogP contribution in [0.4, 0.5) is 0 Å². The van der Waals surface area contributed by atoms with Gasteiger partial charge in [-0.05, 0) is 43.9 Å². The van der Waals surface area contributed by atoms with Crippen molar-refractivity contribution in [1.29, 1.82) is 0 Å². The molecule has 0 spiro atoms. The second-order valence-corrected chi connectivity index (χ2v) is 7.28. The Kier molecular flexibility index (Phi) is 4.15. The van der Waals surface area contributed by atoms with Gasteiger partial charge >= 0.3 is 0 Å². The molecule has 0 aromatic heterocycles. The average Bonchev–Trinajstić information content (AvgIpc) is 2.41. The first-order valence-corrected chi connectivity index (χ1v) is 8.13. The number of aryl methyl sites for hydroxylation is 2. The molecule has 1 atom stereocenters. The number of benzene rings is 1. The average molecular weight is 296 g/mol. The third-order valence-corrected chi connectivity index (χ3v) is 5.76. The van der Waals surface area contributed by atoms with Crippen molar-refractivity contribution in [1.82, 2.24) is 4.31 Å². The Balaban J connectivity index is 2.35. The fourth-order valence-electron chi connectivity index (χ4n) is 2.52. The number of sulfonamides is 1. The predicted octanol–water partition coefficient (Wildman–Crippen LogP) is 1.19. The van der Waals surface area contributed by atoms with Crippen molar-refractivity contribution in [3.63, 3.8) is 0 Å². The zero-order valence-electron chi connectivity index (χ0n) is 11.8. The Labute approximate surface area is 119 Å². The largest absolute Gasteiger partial charge is 0.369 e. The van der Waals surface area contributed by atoms with Gasteiger partial charge in [-0.3, -0.25) is 4.79 Å². The van der Waals surface area contributed by atoms with Gasteiger partial charge in [0.1, 0.15) is 0 Å². The van der Waals surface area contributed by atoms with Crippen molar-refractivity contribution in [2.75, 3.05) is 13.1 Å². The van der Waals surface area contributed by atoms with E-state index in [1.165, 1.54) is 4.31 Å². The van der Waals surface area contributed by atoms with Gasteiger partial charge in [0, 0.05) is 13.1 Å². The topological polar surface area (TPSA) is 80.5 Å². The van der Waals surface area contributed by atoms with Gasteiger partial charge < -0.3 is 5.73 Å². The van der Waals surface area contributed by atoms with Crippen molar-refractivity contribution < 1.29 is 13.2 Å². The van der Waals surface area contributed by atoms with Gasteiger partial charge in [-0.15, -0.1) is 0 Å². The standard InChI is InChI=1S/C14H20N2O3S/c1-10-5-6-11(2)13(8-10)20(18,19)16-7-3-4-12(9-16)14(15)17/h5-6,8,12H,3-4,7,9H2,1-2H3,(H2,15,17)/t12-/m1/s1. The van der Waals surface area contributed by atoms with Crippen LogP contribution in [0.3, 0.4) is 0 Å². The van der Waals surface area contributed by atoms with E-state index < -0.39 is 15.9 Å². The smallest absolute Gasteiger partial charge is 0.243 e. The summed E-state index contributed by atoms with van der Waals surface area (Å²) < 4.78 is 26.8. The van der Waals surface area contributed by atoms with Crippen LogP contribution in [0.2, 0.25) is 0 Å². The number of nitrogens with two attached hydrogens (primary N) is 1. The minimum absolute atomic E-state index is 0.186. The number of nitrogens with zero attached hydrogens (tertiary/aromatic N) is 1. The van der Waals surface area contributed by atoms with Crippen molar-refractivity contribution in [2.45, 2.75) is 31.6 Å². The number of carbonyl (C=O) groups excluding carboxylic acids is 1. The first kappa shape index (κ1) is 15.0.